The van der Waals surface area contributed by atoms with Gasteiger partial charge in [0.15, 0.2) is 0 Å². The molecule has 3 aromatic rings. The third-order valence-corrected chi connectivity index (χ3v) is 6.52. The second-order valence-electron chi connectivity index (χ2n) is 8.49. The minimum absolute atomic E-state index is 0.0617. The Labute approximate surface area is 151 Å². The molecule has 0 saturated carbocycles. The highest BCUT2D eigenvalue weighted by Gasteiger charge is 2.56. The fourth-order valence-corrected chi connectivity index (χ4v) is 5.53. The molecule has 0 fully saturated rings. The van der Waals surface area contributed by atoms with Crippen LogP contribution in [0.3, 0.4) is 0 Å². The monoisotopic (exact) mass is 353 g/mol. The van der Waals surface area contributed by atoms with Crippen molar-refractivity contribution in [3.63, 3.8) is 0 Å². The van der Waals surface area contributed by atoms with E-state index in [1.54, 1.807) is 7.05 Å². The smallest absolute Gasteiger partial charge is 0.223 e. The predicted molar refractivity (Wildman–Crippen MR) is 93.4 cm³/mol. The van der Waals surface area contributed by atoms with Crippen LogP contribution in [0.1, 0.15) is 49.8 Å². The van der Waals surface area contributed by atoms with Crippen LogP contribution in [0.4, 0.5) is 0 Å². The maximum absolute atomic E-state index is 5.65. The molecule has 0 unspecified atom stereocenters. The third-order valence-electron chi connectivity index (χ3n) is 6.52. The summed E-state index contributed by atoms with van der Waals surface area (Å²) in [6.07, 6.45) is 4.82. The number of hydrogen-bond acceptors (Lipinski definition) is 6. The van der Waals surface area contributed by atoms with Gasteiger partial charge in [-0.05, 0) is 30.4 Å². The zero-order valence-electron chi connectivity index (χ0n) is 15.8. The molecule has 0 aliphatic heterocycles. The van der Waals surface area contributed by atoms with Crippen molar-refractivity contribution in [1.82, 2.24) is 35.1 Å². The summed E-state index contributed by atoms with van der Waals surface area (Å²) < 4.78 is 7.57. The molecule has 5 rings (SSSR count). The normalized spacial score (nSPS) is 26.3. The van der Waals surface area contributed by atoms with Crippen molar-refractivity contribution in [3.8, 4) is 11.5 Å². The van der Waals surface area contributed by atoms with E-state index in [1.165, 1.54) is 21.6 Å². The summed E-state index contributed by atoms with van der Waals surface area (Å²) in [5.74, 6) is 2.13. The van der Waals surface area contributed by atoms with Gasteiger partial charge >= 0.3 is 0 Å². The number of tetrazole rings is 1. The number of fused-ring (bicyclic) bond motifs is 4. The van der Waals surface area contributed by atoms with Gasteiger partial charge in [-0.1, -0.05) is 25.9 Å². The van der Waals surface area contributed by atoms with Crippen LogP contribution < -0.4 is 0 Å². The van der Waals surface area contributed by atoms with E-state index < -0.39 is 0 Å². The van der Waals surface area contributed by atoms with E-state index >= 15 is 0 Å². The van der Waals surface area contributed by atoms with E-state index in [4.69, 9.17) is 9.62 Å². The van der Waals surface area contributed by atoms with Crippen molar-refractivity contribution in [2.45, 2.75) is 50.9 Å². The Bertz CT molecular complexity index is 1010. The van der Waals surface area contributed by atoms with E-state index in [0.717, 1.165) is 30.7 Å². The molecule has 26 heavy (non-hydrogen) atoms. The van der Waals surface area contributed by atoms with Gasteiger partial charge in [0.2, 0.25) is 5.82 Å². The standard InChI is InChI=1S/C18H23N7O/c1-17(2)12-7-6-11-13(16-20-23-25(5)22-16)24(4)21-14(11)18(12,3)8-10-9-19-26-15(10)17/h9,12H,6-8H2,1-5H3/t12-,18-/m0/s1. The van der Waals surface area contributed by atoms with Crippen molar-refractivity contribution in [3.05, 3.63) is 28.8 Å². The summed E-state index contributed by atoms with van der Waals surface area (Å²) in [5.41, 5.74) is 4.48. The molecule has 8 heteroatoms. The number of aromatic nitrogens is 7. The first-order valence-electron chi connectivity index (χ1n) is 9.07. The quantitative estimate of drug-likeness (QED) is 0.664. The maximum atomic E-state index is 5.65. The van der Waals surface area contributed by atoms with Crippen LogP contribution in [-0.2, 0) is 37.8 Å². The van der Waals surface area contributed by atoms with Gasteiger partial charge in [0.05, 0.1) is 18.9 Å². The molecule has 0 amide bonds. The number of hydrogen-bond donors (Lipinski definition) is 0. The molecule has 3 aromatic heterocycles. The Balaban J connectivity index is 1.71. The molecule has 0 saturated heterocycles. The van der Waals surface area contributed by atoms with Crippen molar-refractivity contribution >= 4 is 0 Å². The van der Waals surface area contributed by atoms with Gasteiger partial charge in [-0.3, -0.25) is 4.68 Å². The number of rotatable bonds is 1. The van der Waals surface area contributed by atoms with E-state index in [-0.39, 0.29) is 10.8 Å². The highest BCUT2D eigenvalue weighted by Crippen LogP contribution is 2.56. The molecule has 0 aromatic carbocycles. The van der Waals surface area contributed by atoms with E-state index in [2.05, 4.69) is 41.3 Å². The molecule has 3 heterocycles. The molecule has 0 radical (unpaired) electrons. The lowest BCUT2D eigenvalue weighted by Gasteiger charge is -2.51. The molecule has 2 aliphatic rings. The van der Waals surface area contributed by atoms with Gasteiger partial charge in [0, 0.05) is 29.0 Å². The van der Waals surface area contributed by atoms with Crippen molar-refractivity contribution in [2.24, 2.45) is 20.0 Å². The Morgan fingerprint density at radius 1 is 1.19 bits per heavy atom. The minimum atomic E-state index is -0.0704. The lowest BCUT2D eigenvalue weighted by atomic mass is 9.51. The average molecular weight is 353 g/mol. The lowest BCUT2D eigenvalue weighted by Crippen LogP contribution is -2.51. The summed E-state index contributed by atoms with van der Waals surface area (Å²) >= 11 is 0. The predicted octanol–water partition coefficient (Wildman–Crippen LogP) is 1.95. The van der Waals surface area contributed by atoms with Crippen LogP contribution in [0.5, 0.6) is 0 Å². The van der Waals surface area contributed by atoms with E-state index in [1.807, 2.05) is 17.9 Å². The average Bonchev–Trinajstić information content (AvgIpc) is 3.26. The molecule has 2 aliphatic carbocycles. The van der Waals surface area contributed by atoms with Gasteiger partial charge in [-0.15, -0.1) is 10.2 Å². The second kappa shape index (κ2) is 4.81. The van der Waals surface area contributed by atoms with Crippen LogP contribution >= 0.6 is 0 Å². The summed E-state index contributed by atoms with van der Waals surface area (Å²) in [6, 6.07) is 0. The molecule has 8 nitrogen and oxygen atoms in total. The first-order chi connectivity index (χ1) is 12.3. The van der Waals surface area contributed by atoms with Crippen molar-refractivity contribution in [2.75, 3.05) is 0 Å². The summed E-state index contributed by atoms with van der Waals surface area (Å²) in [5, 5.41) is 21.7. The highest BCUT2D eigenvalue weighted by atomic mass is 16.5. The van der Waals surface area contributed by atoms with Gasteiger partial charge in [0.25, 0.3) is 0 Å². The van der Waals surface area contributed by atoms with Crippen LogP contribution in [0.2, 0.25) is 0 Å². The molecule has 0 N–H and O–H groups in total. The zero-order valence-corrected chi connectivity index (χ0v) is 15.8. The lowest BCUT2D eigenvalue weighted by molar-refractivity contribution is 0.109. The molecule has 136 valence electrons. The first kappa shape index (κ1) is 15.7. The number of aryl methyl sites for hydroxylation is 2. The van der Waals surface area contributed by atoms with Gasteiger partial charge in [-0.25, -0.2) is 0 Å². The van der Waals surface area contributed by atoms with E-state index in [0.29, 0.717) is 11.7 Å². The molecule has 0 spiro atoms. The molecule has 2 atom stereocenters. The third kappa shape index (κ3) is 1.82. The summed E-state index contributed by atoms with van der Waals surface area (Å²) in [6.45, 7) is 6.89. The first-order valence-corrected chi connectivity index (χ1v) is 9.07. The Kier molecular flexibility index (Phi) is 2.91. The zero-order chi connectivity index (χ0) is 18.3. The Morgan fingerprint density at radius 3 is 2.73 bits per heavy atom. The van der Waals surface area contributed by atoms with Crippen LogP contribution in [0.15, 0.2) is 10.7 Å². The fourth-order valence-electron chi connectivity index (χ4n) is 5.53. The highest BCUT2D eigenvalue weighted by molar-refractivity contribution is 5.59. The van der Waals surface area contributed by atoms with E-state index in [9.17, 15) is 0 Å². The van der Waals surface area contributed by atoms with Crippen molar-refractivity contribution < 1.29 is 4.52 Å². The Morgan fingerprint density at radius 2 is 2.00 bits per heavy atom. The molecular weight excluding hydrogens is 330 g/mol. The maximum Gasteiger partial charge on any atom is 0.223 e. The van der Waals surface area contributed by atoms with Crippen LogP contribution in [0.25, 0.3) is 11.5 Å². The minimum Gasteiger partial charge on any atom is -0.361 e. The van der Waals surface area contributed by atoms with Gasteiger partial charge in [-0.2, -0.15) is 9.90 Å². The summed E-state index contributed by atoms with van der Waals surface area (Å²) in [4.78, 5) is 1.50. The SMILES string of the molecule is Cn1nnc(-c2c3c(nn2C)[C@@]2(C)Cc4cnoc4C(C)(C)[C@@H]2CC3)n1. The topological polar surface area (TPSA) is 87.5 Å². The second-order valence-corrected chi connectivity index (χ2v) is 8.49. The molecular formula is C18H23N7O. The molecule has 0 bridgehead atoms. The van der Waals surface area contributed by atoms with Crippen LogP contribution in [0, 0.1) is 5.92 Å². The fraction of sp³-hybridized carbons (Fsp3) is 0.611. The Hall–Kier alpha value is -2.51. The van der Waals surface area contributed by atoms with Gasteiger partial charge in [0.1, 0.15) is 11.5 Å². The number of nitrogens with zero attached hydrogens (tertiary/aromatic N) is 7. The largest absolute Gasteiger partial charge is 0.361 e. The van der Waals surface area contributed by atoms with Crippen LogP contribution in [-0.4, -0.2) is 35.1 Å². The van der Waals surface area contributed by atoms with Crippen molar-refractivity contribution in [1.29, 1.82) is 0 Å². The van der Waals surface area contributed by atoms with Gasteiger partial charge < -0.3 is 4.52 Å². The summed E-state index contributed by atoms with van der Waals surface area (Å²) in [7, 11) is 3.76.